The second kappa shape index (κ2) is 18.4. The molecule has 16 nitrogen and oxygen atoms in total. The second-order valence-corrected chi connectivity index (χ2v) is 14.7. The Morgan fingerprint density at radius 1 is 0.679 bits per heavy atom. The van der Waals surface area contributed by atoms with Gasteiger partial charge in [0.2, 0.25) is 11.9 Å². The lowest BCUT2D eigenvalue weighted by Gasteiger charge is -2.32. The predicted molar refractivity (Wildman–Crippen MR) is 230 cm³/mol. The Labute approximate surface area is 341 Å². The molecular weight excluding hydrogens is 826 g/mol. The first-order chi connectivity index (χ1) is 26.7. The molecule has 1 fully saturated rings. The van der Waals surface area contributed by atoms with Gasteiger partial charge in [-0.1, -0.05) is 0 Å². The molecule has 0 amide bonds. The molecule has 0 atom stereocenters. The Kier molecular flexibility index (Phi) is 13.7. The van der Waals surface area contributed by atoms with E-state index in [1.165, 1.54) is 0 Å². The van der Waals surface area contributed by atoms with Crippen LogP contribution in [0.15, 0.2) is 73.3 Å². The van der Waals surface area contributed by atoms with Crippen LogP contribution in [0.2, 0.25) is 0 Å². The van der Waals surface area contributed by atoms with E-state index < -0.39 is 0 Å². The largest absolute Gasteiger partial charge is 0.498 e. The van der Waals surface area contributed by atoms with Crippen LogP contribution in [0.5, 0.6) is 11.5 Å². The monoisotopic (exact) mass is 874 g/mol. The van der Waals surface area contributed by atoms with Crippen molar-refractivity contribution >= 4 is 70.1 Å². The molecule has 18 heteroatoms. The van der Waals surface area contributed by atoms with Gasteiger partial charge in [-0.05, 0) is 101 Å². The minimum Gasteiger partial charge on any atom is -0.496 e. The van der Waals surface area contributed by atoms with Gasteiger partial charge in [0.05, 0.1) is 35.2 Å². The van der Waals surface area contributed by atoms with Gasteiger partial charge in [-0.2, -0.15) is 20.2 Å². The van der Waals surface area contributed by atoms with Crippen molar-refractivity contribution in [3.63, 3.8) is 0 Å². The number of aromatic amines is 2. The first kappa shape index (κ1) is 41.7. The third-order valence-corrected chi connectivity index (χ3v) is 9.78. The van der Waals surface area contributed by atoms with Gasteiger partial charge in [-0.3, -0.25) is 10.2 Å². The fraction of sp³-hybridized carbons (Fsp3) is 0.316. The quantitative estimate of drug-likeness (QED) is 0.0618. The molecule has 1 aliphatic heterocycles. The lowest BCUT2D eigenvalue weighted by molar-refractivity contribution is 0.00578. The highest BCUT2D eigenvalue weighted by Gasteiger charge is 2.52. The highest BCUT2D eigenvalue weighted by Crippen LogP contribution is 2.36. The summed E-state index contributed by atoms with van der Waals surface area (Å²) in [4.78, 5) is 17.5. The summed E-state index contributed by atoms with van der Waals surface area (Å²) in [5.41, 5.74) is 5.85. The molecule has 6 aromatic rings. The van der Waals surface area contributed by atoms with E-state index in [0.29, 0.717) is 11.9 Å². The molecule has 6 N–H and O–H groups in total. The van der Waals surface area contributed by atoms with Crippen LogP contribution < -0.4 is 36.2 Å². The summed E-state index contributed by atoms with van der Waals surface area (Å²) in [5, 5.41) is 25.9. The number of anilines is 6. The van der Waals surface area contributed by atoms with E-state index in [9.17, 15) is 0 Å². The summed E-state index contributed by atoms with van der Waals surface area (Å²) in [5.74, 6) is 4.30. The smallest absolute Gasteiger partial charge is 0.496 e. The molecule has 56 heavy (non-hydrogen) atoms. The zero-order chi connectivity index (χ0) is 40.5. The molecule has 4 aromatic heterocycles. The Balaban J connectivity index is 0.000000166. The second-order valence-electron chi connectivity index (χ2n) is 13.6. The standard InChI is InChI=1S/C16H18N6O.C13H15IN4O.C9H15BN2O2/c1-10-6-15(17-2)22-16(20-10)21-12-4-5-14(23-3)13(7-12)11-8-18-19-9-11;1-8-6-12(15-2)18-13(16-8)17-9-4-5-11(19-3)10(14)7-9;1-8(2)9(3,4)14-10(13-8)7-5-11-12-6-7/h4-9H,1-3H3,(H,18,19)(H2,17,20,21,22);4-7H,1-3H3,(H2,15,16,17,18);5-6H,1-4H3,(H,11,12). The number of halogens is 1. The Morgan fingerprint density at radius 2 is 1.20 bits per heavy atom. The number of rotatable bonds is 10. The van der Waals surface area contributed by atoms with Crippen molar-refractivity contribution in [2.75, 3.05) is 49.6 Å². The van der Waals surface area contributed by atoms with E-state index >= 15 is 0 Å². The van der Waals surface area contributed by atoms with Crippen LogP contribution in [0.1, 0.15) is 39.1 Å². The maximum atomic E-state index is 5.83. The number of aromatic nitrogens is 8. The van der Waals surface area contributed by atoms with Crippen LogP contribution >= 0.6 is 22.6 Å². The molecule has 0 radical (unpaired) electrons. The molecule has 1 saturated heterocycles. The Morgan fingerprint density at radius 3 is 1.66 bits per heavy atom. The van der Waals surface area contributed by atoms with E-state index in [1.54, 1.807) is 32.8 Å². The van der Waals surface area contributed by atoms with Crippen LogP contribution in [-0.4, -0.2) is 87.0 Å². The topological polar surface area (TPSA) is 194 Å². The third kappa shape index (κ3) is 10.6. The Bertz CT molecular complexity index is 2170. The van der Waals surface area contributed by atoms with Crippen molar-refractivity contribution in [1.82, 2.24) is 40.3 Å². The van der Waals surface area contributed by atoms with Gasteiger partial charge in [0, 0.05) is 84.2 Å². The number of aryl methyl sites for hydroxylation is 2. The number of hydrogen-bond acceptors (Lipinski definition) is 14. The SMILES string of the molecule is CC1(C)OB(c2cn[nH]c2)OC1(C)C.CNc1cc(C)nc(Nc2ccc(OC)c(-c3cn[nH]c3)c2)n1.CNc1cc(C)nc(Nc2ccc(OC)c(I)c2)n1. The van der Waals surface area contributed by atoms with Gasteiger partial charge in [0.25, 0.3) is 0 Å². The highest BCUT2D eigenvalue weighted by molar-refractivity contribution is 14.1. The number of hydrogen-bond donors (Lipinski definition) is 6. The summed E-state index contributed by atoms with van der Waals surface area (Å²) in [6, 6.07) is 15.4. The van der Waals surface area contributed by atoms with E-state index in [-0.39, 0.29) is 18.3 Å². The number of nitrogens with one attached hydrogen (secondary N) is 6. The molecular formula is C38H48BIN12O4. The van der Waals surface area contributed by atoms with Gasteiger partial charge in [0.1, 0.15) is 23.1 Å². The van der Waals surface area contributed by atoms with Gasteiger partial charge >= 0.3 is 7.12 Å². The van der Waals surface area contributed by atoms with Crippen molar-refractivity contribution in [2.24, 2.45) is 0 Å². The summed E-state index contributed by atoms with van der Waals surface area (Å²) in [7, 11) is 6.67. The van der Waals surface area contributed by atoms with E-state index in [4.69, 9.17) is 18.8 Å². The lowest BCUT2D eigenvalue weighted by atomic mass is 9.82. The van der Waals surface area contributed by atoms with Crippen molar-refractivity contribution in [3.8, 4) is 22.6 Å². The summed E-state index contributed by atoms with van der Waals surface area (Å²) < 4.78 is 23.3. The molecule has 0 unspecified atom stereocenters. The van der Waals surface area contributed by atoms with Crippen LogP contribution in [0, 0.1) is 17.4 Å². The Hall–Kier alpha value is -5.47. The molecule has 0 saturated carbocycles. The lowest BCUT2D eigenvalue weighted by Crippen LogP contribution is -2.41. The zero-order valence-corrected chi connectivity index (χ0v) is 35.4. The molecule has 2 aromatic carbocycles. The highest BCUT2D eigenvalue weighted by atomic mass is 127. The van der Waals surface area contributed by atoms with E-state index in [2.05, 4.69) is 84.2 Å². The summed E-state index contributed by atoms with van der Waals surface area (Å²) in [6.45, 7) is 12.0. The maximum absolute atomic E-state index is 5.83. The van der Waals surface area contributed by atoms with Crippen LogP contribution in [0.4, 0.5) is 34.9 Å². The van der Waals surface area contributed by atoms with Crippen molar-refractivity contribution in [1.29, 1.82) is 0 Å². The summed E-state index contributed by atoms with van der Waals surface area (Å²) in [6.07, 6.45) is 7.10. The van der Waals surface area contributed by atoms with Crippen molar-refractivity contribution < 1.29 is 18.8 Å². The van der Waals surface area contributed by atoms with Crippen LogP contribution in [0.3, 0.4) is 0 Å². The minimum absolute atomic E-state index is 0.283. The fourth-order valence-corrected chi connectivity index (χ4v) is 6.02. The normalized spacial score (nSPS) is 13.7. The molecule has 7 rings (SSSR count). The molecule has 1 aliphatic rings. The number of H-pyrrole nitrogens is 2. The molecule has 0 bridgehead atoms. The van der Waals surface area contributed by atoms with E-state index in [0.717, 1.165) is 66.1 Å². The van der Waals surface area contributed by atoms with Gasteiger partial charge in [-0.25, -0.2) is 9.97 Å². The summed E-state index contributed by atoms with van der Waals surface area (Å²) >= 11 is 2.23. The van der Waals surface area contributed by atoms with Gasteiger partial charge in [0.15, 0.2) is 0 Å². The molecule has 0 aliphatic carbocycles. The average Bonchev–Trinajstić information content (AvgIpc) is 3.94. The van der Waals surface area contributed by atoms with Crippen LogP contribution in [-0.2, 0) is 9.31 Å². The molecule has 294 valence electrons. The zero-order valence-electron chi connectivity index (χ0n) is 33.2. The minimum atomic E-state index is -0.307. The molecule has 5 heterocycles. The number of nitrogens with zero attached hydrogens (tertiary/aromatic N) is 6. The average molecular weight is 875 g/mol. The number of benzene rings is 2. The predicted octanol–water partition coefficient (Wildman–Crippen LogP) is 6.86. The van der Waals surface area contributed by atoms with Crippen molar-refractivity contribution in [3.05, 3.63) is 88.3 Å². The molecule has 0 spiro atoms. The van der Waals surface area contributed by atoms with Gasteiger partial charge in [-0.15, -0.1) is 0 Å². The number of methoxy groups -OCH3 is 2. The third-order valence-electron chi connectivity index (χ3n) is 8.94. The maximum Gasteiger partial charge on any atom is 0.498 e. The first-order valence-corrected chi connectivity index (χ1v) is 18.8. The number of ether oxygens (including phenoxy) is 2. The van der Waals surface area contributed by atoms with Gasteiger partial charge < -0.3 is 40.0 Å². The van der Waals surface area contributed by atoms with E-state index in [1.807, 2.05) is 110 Å². The fourth-order valence-electron chi connectivity index (χ4n) is 5.29. The van der Waals surface area contributed by atoms with Crippen molar-refractivity contribution in [2.45, 2.75) is 52.7 Å². The van der Waals surface area contributed by atoms with Crippen LogP contribution in [0.25, 0.3) is 11.1 Å². The first-order valence-electron chi connectivity index (χ1n) is 17.7.